The lowest BCUT2D eigenvalue weighted by Crippen LogP contribution is -2.38. The number of carbonyl (C=O) groups excluding carboxylic acids is 1. The van der Waals surface area contributed by atoms with Crippen molar-refractivity contribution in [2.45, 2.75) is 63.9 Å². The maximum atomic E-state index is 13.8. The Morgan fingerprint density at radius 3 is 2.20 bits per heavy atom. The Kier molecular flexibility index (Phi) is 8.30. The number of allylic oxidation sites excluding steroid dienone is 3. The van der Waals surface area contributed by atoms with Gasteiger partial charge in [-0.25, -0.2) is 9.48 Å². The normalized spacial score (nSPS) is 21.1. The minimum absolute atomic E-state index is 0.0216. The molecule has 5 rings (SSSR count). The van der Waals surface area contributed by atoms with E-state index in [0.717, 1.165) is 17.0 Å². The van der Waals surface area contributed by atoms with Crippen LogP contribution in [0.5, 0.6) is 0 Å². The zero-order chi connectivity index (χ0) is 32.9. The van der Waals surface area contributed by atoms with Crippen molar-refractivity contribution in [1.82, 2.24) is 14.7 Å². The summed E-state index contributed by atoms with van der Waals surface area (Å²) >= 11 is 0. The molecule has 2 aliphatic rings. The molecular weight excluding hydrogens is 617 g/mol. The number of aryl methyl sites for hydroxylation is 1. The lowest BCUT2D eigenvalue weighted by molar-refractivity contribution is -0.137. The molecule has 5 nitrogen and oxygen atoms in total. The number of benzene rings is 2. The molecule has 0 spiro atoms. The summed E-state index contributed by atoms with van der Waals surface area (Å²) in [5.41, 5.74) is -1.92. The predicted octanol–water partition coefficient (Wildman–Crippen LogP) is 8.83. The van der Waals surface area contributed by atoms with Gasteiger partial charge in [0.1, 0.15) is 6.10 Å². The van der Waals surface area contributed by atoms with Gasteiger partial charge in [-0.2, -0.15) is 44.6 Å². The first kappa shape index (κ1) is 32.2. The smallest absolute Gasteiger partial charge is 0.416 e. The summed E-state index contributed by atoms with van der Waals surface area (Å²) in [5.74, 6) is -1.48. The minimum Gasteiger partial charge on any atom is -0.443 e. The van der Waals surface area contributed by atoms with Gasteiger partial charge >= 0.3 is 24.6 Å². The van der Waals surface area contributed by atoms with Crippen LogP contribution in [0.15, 0.2) is 78.0 Å². The van der Waals surface area contributed by atoms with Crippen LogP contribution in [0, 0.1) is 5.92 Å². The van der Waals surface area contributed by atoms with E-state index in [9.17, 15) is 44.3 Å². The van der Waals surface area contributed by atoms with Crippen LogP contribution in [-0.2, 0) is 23.9 Å². The Bertz CT molecular complexity index is 1640. The van der Waals surface area contributed by atoms with E-state index in [4.69, 9.17) is 4.74 Å². The summed E-state index contributed by atoms with van der Waals surface area (Å²) < 4.78 is 129. The lowest BCUT2D eigenvalue weighted by atomic mass is 9.83. The zero-order valence-corrected chi connectivity index (χ0v) is 23.8. The summed E-state index contributed by atoms with van der Waals surface area (Å²) in [4.78, 5) is 14.0. The van der Waals surface area contributed by atoms with Crippen molar-refractivity contribution in [1.29, 1.82) is 0 Å². The van der Waals surface area contributed by atoms with Crippen LogP contribution in [0.25, 0.3) is 16.9 Å². The number of carbonyl (C=O) groups is 1. The summed E-state index contributed by atoms with van der Waals surface area (Å²) in [5, 5.41) is 4.61. The Morgan fingerprint density at radius 2 is 1.60 bits per heavy atom. The fraction of sp³-hybridized carbons (Fsp3) is 0.355. The molecule has 2 aromatic carbocycles. The fourth-order valence-electron chi connectivity index (χ4n) is 5.63. The van der Waals surface area contributed by atoms with E-state index >= 15 is 0 Å². The van der Waals surface area contributed by atoms with E-state index < -0.39 is 72.4 Å². The van der Waals surface area contributed by atoms with E-state index in [1.807, 2.05) is 6.92 Å². The number of ether oxygens (including phenoxy) is 1. The van der Waals surface area contributed by atoms with Crippen molar-refractivity contribution < 1.29 is 49.0 Å². The quantitative estimate of drug-likeness (QED) is 0.252. The molecule has 1 aromatic heterocycles. The molecular formula is C31H26F9N3O2. The number of cyclic esters (lactones) is 1. The standard InChI is InChI=1S/C31H26F9N3O2/c1-3-18-16-43(24-7-5-4-6-8-24)41-26(18)25-10-9-21(29(32,33)34)13-20(25)15-42-17(2)27(45-28(42)44)19-11-22(30(35,36)37)14-23(12-19)31(38,39)40/h4-11,13-14,16-17,19,27H,3,12,15H2,1-2H3/t17-,19?,27-/m0/s1. The average Bonchev–Trinajstić information content (AvgIpc) is 3.53. The van der Waals surface area contributed by atoms with Crippen molar-refractivity contribution in [2.24, 2.45) is 5.92 Å². The lowest BCUT2D eigenvalue weighted by Gasteiger charge is -2.30. The fourth-order valence-corrected chi connectivity index (χ4v) is 5.63. The third kappa shape index (κ3) is 6.59. The second-order valence-electron chi connectivity index (χ2n) is 10.9. The van der Waals surface area contributed by atoms with E-state index in [-0.39, 0.29) is 17.2 Å². The highest BCUT2D eigenvalue weighted by atomic mass is 19.4. The third-order valence-electron chi connectivity index (χ3n) is 7.95. The van der Waals surface area contributed by atoms with E-state index in [0.29, 0.717) is 29.4 Å². The first-order valence-electron chi connectivity index (χ1n) is 13.9. The molecule has 1 amide bonds. The molecule has 3 aromatic rings. The molecule has 1 unspecified atom stereocenters. The number of rotatable bonds is 6. The van der Waals surface area contributed by atoms with Gasteiger partial charge in [-0.3, -0.25) is 4.90 Å². The average molecular weight is 644 g/mol. The predicted molar refractivity (Wildman–Crippen MR) is 145 cm³/mol. The van der Waals surface area contributed by atoms with E-state index in [2.05, 4.69) is 5.10 Å². The molecule has 1 aliphatic carbocycles. The first-order chi connectivity index (χ1) is 21.0. The molecule has 3 atom stereocenters. The number of hydrogen-bond acceptors (Lipinski definition) is 3. The number of alkyl halides is 9. The highest BCUT2D eigenvalue weighted by molar-refractivity contribution is 5.73. The van der Waals surface area contributed by atoms with Gasteiger partial charge in [-0.05, 0) is 61.2 Å². The van der Waals surface area contributed by atoms with Crippen molar-refractivity contribution in [3.05, 3.63) is 94.7 Å². The molecule has 2 heterocycles. The van der Waals surface area contributed by atoms with Crippen LogP contribution in [-0.4, -0.2) is 45.3 Å². The molecule has 1 fully saturated rings. The number of hydrogen-bond donors (Lipinski definition) is 0. The van der Waals surface area contributed by atoms with Crippen molar-refractivity contribution in [2.75, 3.05) is 0 Å². The topological polar surface area (TPSA) is 47.4 Å². The van der Waals surface area contributed by atoms with Crippen LogP contribution in [0.3, 0.4) is 0 Å². The molecule has 0 bridgehead atoms. The third-order valence-corrected chi connectivity index (χ3v) is 7.95. The van der Waals surface area contributed by atoms with E-state index in [1.54, 1.807) is 41.2 Å². The monoisotopic (exact) mass is 643 g/mol. The van der Waals surface area contributed by atoms with Gasteiger partial charge in [0, 0.05) is 23.3 Å². The largest absolute Gasteiger partial charge is 0.443 e. The Labute approximate surface area is 251 Å². The molecule has 240 valence electrons. The molecule has 1 saturated heterocycles. The van der Waals surface area contributed by atoms with Gasteiger partial charge < -0.3 is 4.74 Å². The van der Waals surface area contributed by atoms with Crippen LogP contribution in [0.1, 0.15) is 37.0 Å². The number of para-hydroxylation sites is 1. The molecule has 0 N–H and O–H groups in total. The van der Waals surface area contributed by atoms with Gasteiger partial charge in [0.2, 0.25) is 0 Å². The summed E-state index contributed by atoms with van der Waals surface area (Å²) in [6.45, 7) is 2.74. The molecule has 0 radical (unpaired) electrons. The Hall–Kier alpha value is -4.23. The zero-order valence-electron chi connectivity index (χ0n) is 23.8. The second kappa shape index (κ2) is 11.6. The van der Waals surface area contributed by atoms with Crippen molar-refractivity contribution >= 4 is 6.09 Å². The van der Waals surface area contributed by atoms with Gasteiger partial charge in [-0.15, -0.1) is 0 Å². The highest BCUT2D eigenvalue weighted by Gasteiger charge is 2.48. The summed E-state index contributed by atoms with van der Waals surface area (Å²) in [7, 11) is 0. The van der Waals surface area contributed by atoms with E-state index in [1.165, 1.54) is 13.0 Å². The Morgan fingerprint density at radius 1 is 0.911 bits per heavy atom. The van der Waals surface area contributed by atoms with Crippen molar-refractivity contribution in [3.8, 4) is 16.9 Å². The maximum absolute atomic E-state index is 13.8. The SMILES string of the molecule is CCc1cn(-c2ccccc2)nc1-c1ccc(C(F)(F)F)cc1CN1C(=O)O[C@H](C2C=C(C(F)(F)F)C=C(C(F)(F)F)C2)[C@@H]1C. The van der Waals surface area contributed by atoms with Crippen LogP contribution in [0.2, 0.25) is 0 Å². The van der Waals surface area contributed by atoms with Gasteiger partial charge in [0.05, 0.1) is 35.1 Å². The number of aromatic nitrogens is 2. The number of halogens is 9. The molecule has 0 saturated carbocycles. The van der Waals surface area contributed by atoms with Crippen LogP contribution in [0.4, 0.5) is 44.3 Å². The van der Waals surface area contributed by atoms with Gasteiger partial charge in [0.25, 0.3) is 0 Å². The molecule has 14 heteroatoms. The summed E-state index contributed by atoms with van der Waals surface area (Å²) in [6, 6.07) is 10.8. The van der Waals surface area contributed by atoms with Gasteiger partial charge in [0.15, 0.2) is 0 Å². The Balaban J connectivity index is 1.52. The molecule has 45 heavy (non-hydrogen) atoms. The van der Waals surface area contributed by atoms with Crippen LogP contribution >= 0.6 is 0 Å². The first-order valence-corrected chi connectivity index (χ1v) is 13.9. The molecule has 1 aliphatic heterocycles. The number of amides is 1. The maximum Gasteiger partial charge on any atom is 0.416 e. The summed E-state index contributed by atoms with van der Waals surface area (Å²) in [6.07, 6.45) is -15.4. The van der Waals surface area contributed by atoms with Crippen LogP contribution < -0.4 is 0 Å². The van der Waals surface area contributed by atoms with Gasteiger partial charge in [-0.1, -0.05) is 37.3 Å². The number of nitrogens with zero attached hydrogens (tertiary/aromatic N) is 3. The highest BCUT2D eigenvalue weighted by Crippen LogP contribution is 2.44. The second-order valence-corrected chi connectivity index (χ2v) is 10.9. The minimum atomic E-state index is -5.09. The van der Waals surface area contributed by atoms with Crippen molar-refractivity contribution in [3.63, 3.8) is 0 Å².